The molecule has 1 aromatic heterocycles. The van der Waals surface area contributed by atoms with Crippen molar-refractivity contribution in [3.8, 4) is 0 Å². The van der Waals surface area contributed by atoms with Crippen LogP contribution >= 0.6 is 0 Å². The average molecular weight is 219 g/mol. The summed E-state index contributed by atoms with van der Waals surface area (Å²) in [7, 11) is 2.03. The van der Waals surface area contributed by atoms with E-state index in [2.05, 4.69) is 29.1 Å². The third-order valence-electron chi connectivity index (χ3n) is 3.75. The number of likely N-dealkylation sites (N-methyl/N-ethyl adjacent to an activating group) is 1. The Kier molecular flexibility index (Phi) is 3.54. The Morgan fingerprint density at radius 2 is 2.19 bits per heavy atom. The van der Waals surface area contributed by atoms with E-state index in [9.17, 15) is 0 Å². The van der Waals surface area contributed by atoms with E-state index in [1.54, 1.807) is 6.33 Å². The number of nitrogens with one attached hydrogen (secondary N) is 1. The first-order valence-electron chi connectivity index (χ1n) is 6.27. The first kappa shape index (κ1) is 11.5. The van der Waals surface area contributed by atoms with Crippen LogP contribution in [0.15, 0.2) is 6.33 Å². The molecule has 1 aliphatic rings. The van der Waals surface area contributed by atoms with Crippen molar-refractivity contribution in [1.82, 2.24) is 15.3 Å². The molecule has 16 heavy (non-hydrogen) atoms. The maximum absolute atomic E-state index is 4.52. The largest absolute Gasteiger partial charge is 0.316 e. The minimum atomic E-state index is 0.477. The fourth-order valence-corrected chi connectivity index (χ4v) is 2.78. The molecule has 3 nitrogen and oxygen atoms in total. The van der Waals surface area contributed by atoms with Gasteiger partial charge < -0.3 is 5.32 Å². The van der Waals surface area contributed by atoms with Crippen LogP contribution in [-0.2, 0) is 12.8 Å². The molecule has 0 bridgehead atoms. The highest BCUT2D eigenvalue weighted by molar-refractivity contribution is 5.31. The van der Waals surface area contributed by atoms with Crippen molar-refractivity contribution >= 4 is 0 Å². The molecule has 1 aliphatic carbocycles. The number of nitrogens with zero attached hydrogens (tertiary/aromatic N) is 2. The molecule has 0 saturated carbocycles. The highest BCUT2D eigenvalue weighted by atomic mass is 14.9. The molecule has 2 atom stereocenters. The molecular weight excluding hydrogens is 198 g/mol. The molecule has 0 saturated heterocycles. The van der Waals surface area contributed by atoms with Gasteiger partial charge in [0, 0.05) is 17.7 Å². The lowest BCUT2D eigenvalue weighted by molar-refractivity contribution is 0.463. The monoisotopic (exact) mass is 219 g/mol. The van der Waals surface area contributed by atoms with E-state index in [1.807, 2.05) is 7.05 Å². The number of aryl methyl sites for hydroxylation is 1. The smallest absolute Gasteiger partial charge is 0.115 e. The van der Waals surface area contributed by atoms with Crippen molar-refractivity contribution in [3.05, 3.63) is 23.3 Å². The van der Waals surface area contributed by atoms with Crippen LogP contribution in [0.2, 0.25) is 0 Å². The van der Waals surface area contributed by atoms with Crippen LogP contribution in [0.1, 0.15) is 49.6 Å². The van der Waals surface area contributed by atoms with Crippen molar-refractivity contribution in [2.45, 2.75) is 51.5 Å². The normalized spacial score (nSPS) is 18.2. The molecule has 0 spiro atoms. The molecule has 0 aromatic carbocycles. The number of hydrogen-bond donors (Lipinski definition) is 1. The topological polar surface area (TPSA) is 37.8 Å². The molecule has 2 rings (SSSR count). The van der Waals surface area contributed by atoms with Gasteiger partial charge in [0.25, 0.3) is 0 Å². The van der Waals surface area contributed by atoms with E-state index >= 15 is 0 Å². The second-order valence-electron chi connectivity index (χ2n) is 4.63. The molecule has 0 aliphatic heterocycles. The van der Waals surface area contributed by atoms with Crippen molar-refractivity contribution < 1.29 is 0 Å². The lowest BCUT2D eigenvalue weighted by atomic mass is 9.92. The van der Waals surface area contributed by atoms with E-state index in [1.165, 1.54) is 23.4 Å². The lowest BCUT2D eigenvalue weighted by Gasteiger charge is -2.23. The fourth-order valence-electron chi connectivity index (χ4n) is 2.78. The summed E-state index contributed by atoms with van der Waals surface area (Å²) in [6.45, 7) is 4.49. The third-order valence-corrected chi connectivity index (χ3v) is 3.75. The number of rotatable bonds is 4. The number of hydrogen-bond acceptors (Lipinski definition) is 3. The van der Waals surface area contributed by atoms with Crippen LogP contribution in [0.4, 0.5) is 0 Å². The lowest BCUT2D eigenvalue weighted by Crippen LogP contribution is -2.31. The minimum absolute atomic E-state index is 0.477. The zero-order chi connectivity index (χ0) is 11.5. The maximum atomic E-state index is 4.52. The average Bonchev–Trinajstić information content (AvgIpc) is 2.78. The molecule has 0 amide bonds. The van der Waals surface area contributed by atoms with Gasteiger partial charge in [-0.05, 0) is 38.3 Å². The van der Waals surface area contributed by atoms with Gasteiger partial charge in [0.15, 0.2) is 0 Å². The van der Waals surface area contributed by atoms with Gasteiger partial charge in [0.2, 0.25) is 0 Å². The third kappa shape index (κ3) is 1.96. The maximum Gasteiger partial charge on any atom is 0.115 e. The van der Waals surface area contributed by atoms with Gasteiger partial charge >= 0.3 is 0 Å². The predicted molar refractivity (Wildman–Crippen MR) is 65.6 cm³/mol. The molecule has 0 fully saturated rings. The summed E-state index contributed by atoms with van der Waals surface area (Å²) in [5.74, 6) is 0.477. The van der Waals surface area contributed by atoms with E-state index in [-0.39, 0.29) is 0 Å². The standard InChI is InChI=1S/C13H21N3/c1-4-11(14-3)9(2)13-10-6-5-7-12(10)15-8-16-13/h8-9,11,14H,4-7H2,1-3H3. The van der Waals surface area contributed by atoms with Gasteiger partial charge in [-0.15, -0.1) is 0 Å². The highest BCUT2D eigenvalue weighted by Gasteiger charge is 2.24. The van der Waals surface area contributed by atoms with E-state index in [0.29, 0.717) is 12.0 Å². The first-order valence-corrected chi connectivity index (χ1v) is 6.27. The zero-order valence-corrected chi connectivity index (χ0v) is 10.5. The zero-order valence-electron chi connectivity index (χ0n) is 10.5. The van der Waals surface area contributed by atoms with Gasteiger partial charge in [0.05, 0.1) is 5.69 Å². The minimum Gasteiger partial charge on any atom is -0.316 e. The fraction of sp³-hybridized carbons (Fsp3) is 0.692. The summed E-state index contributed by atoms with van der Waals surface area (Å²) in [5, 5.41) is 3.38. The molecule has 1 aromatic rings. The first-order chi connectivity index (χ1) is 7.77. The Labute approximate surface area is 97.7 Å². The SMILES string of the molecule is CCC(NC)C(C)c1ncnc2c1CCC2. The second-order valence-corrected chi connectivity index (χ2v) is 4.63. The Bertz CT molecular complexity index is 358. The Morgan fingerprint density at radius 1 is 1.38 bits per heavy atom. The van der Waals surface area contributed by atoms with Crippen LogP contribution in [0.3, 0.4) is 0 Å². The van der Waals surface area contributed by atoms with Crippen LogP contribution in [0.5, 0.6) is 0 Å². The van der Waals surface area contributed by atoms with Gasteiger partial charge in [-0.1, -0.05) is 13.8 Å². The summed E-state index contributed by atoms with van der Waals surface area (Å²) in [6, 6.07) is 0.514. The van der Waals surface area contributed by atoms with E-state index in [0.717, 1.165) is 19.3 Å². The second kappa shape index (κ2) is 4.91. The molecule has 3 heteroatoms. The van der Waals surface area contributed by atoms with Gasteiger partial charge in [-0.25, -0.2) is 9.97 Å². The molecule has 88 valence electrons. The quantitative estimate of drug-likeness (QED) is 0.842. The van der Waals surface area contributed by atoms with Gasteiger partial charge in [-0.2, -0.15) is 0 Å². The van der Waals surface area contributed by atoms with Crippen LogP contribution in [0.25, 0.3) is 0 Å². The van der Waals surface area contributed by atoms with Crippen molar-refractivity contribution in [2.24, 2.45) is 0 Å². The summed E-state index contributed by atoms with van der Waals surface area (Å²) in [4.78, 5) is 8.90. The molecule has 1 N–H and O–H groups in total. The van der Waals surface area contributed by atoms with E-state index in [4.69, 9.17) is 0 Å². The van der Waals surface area contributed by atoms with Gasteiger partial charge in [0.1, 0.15) is 6.33 Å². The van der Waals surface area contributed by atoms with Crippen LogP contribution < -0.4 is 5.32 Å². The Hall–Kier alpha value is -0.960. The van der Waals surface area contributed by atoms with Crippen LogP contribution in [0, 0.1) is 0 Å². The van der Waals surface area contributed by atoms with Crippen molar-refractivity contribution in [1.29, 1.82) is 0 Å². The molecule has 0 radical (unpaired) electrons. The van der Waals surface area contributed by atoms with Crippen LogP contribution in [-0.4, -0.2) is 23.1 Å². The summed E-state index contributed by atoms with van der Waals surface area (Å²) in [6.07, 6.45) is 6.41. The molecule has 1 heterocycles. The summed E-state index contributed by atoms with van der Waals surface area (Å²) < 4.78 is 0. The molecular formula is C13H21N3. The van der Waals surface area contributed by atoms with Crippen molar-refractivity contribution in [2.75, 3.05) is 7.05 Å². The summed E-state index contributed by atoms with van der Waals surface area (Å²) >= 11 is 0. The van der Waals surface area contributed by atoms with Gasteiger partial charge in [-0.3, -0.25) is 0 Å². The number of aromatic nitrogens is 2. The predicted octanol–water partition coefficient (Wildman–Crippen LogP) is 2.07. The van der Waals surface area contributed by atoms with E-state index < -0.39 is 0 Å². The Balaban J connectivity index is 2.30. The Morgan fingerprint density at radius 3 is 2.88 bits per heavy atom. The number of fused-ring (bicyclic) bond motifs is 1. The highest BCUT2D eigenvalue weighted by Crippen LogP contribution is 2.29. The molecule has 2 unspecified atom stereocenters. The van der Waals surface area contributed by atoms with Crippen molar-refractivity contribution in [3.63, 3.8) is 0 Å². The summed E-state index contributed by atoms with van der Waals surface area (Å²) in [5.41, 5.74) is 3.97.